The van der Waals surface area contributed by atoms with E-state index < -0.39 is 11.4 Å². The van der Waals surface area contributed by atoms with Crippen LogP contribution in [0.5, 0.6) is 0 Å². The molecule has 1 unspecified atom stereocenters. The first kappa shape index (κ1) is 10.8. The van der Waals surface area contributed by atoms with Gasteiger partial charge in [-0.05, 0) is 31.4 Å². The number of aromatic nitrogens is 2. The number of anilines is 1. The van der Waals surface area contributed by atoms with Crippen molar-refractivity contribution in [3.63, 3.8) is 0 Å². The van der Waals surface area contributed by atoms with Gasteiger partial charge in [0.25, 0.3) is 5.56 Å². The van der Waals surface area contributed by atoms with Crippen LogP contribution in [0, 0.1) is 5.82 Å². The first-order valence-corrected chi connectivity index (χ1v) is 6.53. The molecule has 2 heterocycles. The Morgan fingerprint density at radius 3 is 3.05 bits per heavy atom. The third-order valence-electron chi connectivity index (χ3n) is 4.01. The lowest BCUT2D eigenvalue weighted by atomic mass is 10.0. The highest BCUT2D eigenvalue weighted by Gasteiger charge is 2.29. The highest BCUT2D eigenvalue weighted by Crippen LogP contribution is 2.43. The number of hydrogen-bond acceptors (Lipinski definition) is 4. The van der Waals surface area contributed by atoms with Crippen molar-refractivity contribution in [2.24, 2.45) is 0 Å². The zero-order valence-corrected chi connectivity index (χ0v) is 10.2. The van der Waals surface area contributed by atoms with Gasteiger partial charge in [0.2, 0.25) is 0 Å². The van der Waals surface area contributed by atoms with Crippen molar-refractivity contribution in [2.75, 3.05) is 5.32 Å². The summed E-state index contributed by atoms with van der Waals surface area (Å²) in [4.78, 5) is 12.0. The predicted molar refractivity (Wildman–Crippen MR) is 69.7 cm³/mol. The molecule has 2 aromatic rings. The Morgan fingerprint density at radius 2 is 2.16 bits per heavy atom. The highest BCUT2D eigenvalue weighted by atomic mass is 19.1. The van der Waals surface area contributed by atoms with Crippen LogP contribution in [-0.2, 0) is 6.42 Å². The van der Waals surface area contributed by atoms with Gasteiger partial charge in [-0.2, -0.15) is 5.10 Å². The fourth-order valence-electron chi connectivity index (χ4n) is 3.21. The molecule has 1 aromatic heterocycles. The summed E-state index contributed by atoms with van der Waals surface area (Å²) in [5.74, 6) is -0.412. The van der Waals surface area contributed by atoms with E-state index in [-0.39, 0.29) is 6.04 Å². The fraction of sp³-hybridized carbons (Fsp3) is 0.357. The molecule has 0 saturated heterocycles. The molecule has 19 heavy (non-hydrogen) atoms. The van der Waals surface area contributed by atoms with Crippen molar-refractivity contribution >= 4 is 16.5 Å². The molecule has 5 heteroatoms. The highest BCUT2D eigenvalue weighted by molar-refractivity contribution is 5.99. The summed E-state index contributed by atoms with van der Waals surface area (Å²) in [6.07, 6.45) is 3.97. The average Bonchev–Trinajstić information content (AvgIpc) is 2.53. The van der Waals surface area contributed by atoms with E-state index in [9.17, 15) is 9.18 Å². The summed E-state index contributed by atoms with van der Waals surface area (Å²) in [6.45, 7) is 0. The zero-order valence-electron chi connectivity index (χ0n) is 10.2. The number of rotatable bonds is 0. The van der Waals surface area contributed by atoms with Crippen molar-refractivity contribution in [2.45, 2.75) is 31.7 Å². The Bertz CT molecular complexity index is 760. The van der Waals surface area contributed by atoms with Crippen LogP contribution in [0.4, 0.5) is 10.1 Å². The van der Waals surface area contributed by atoms with E-state index in [0.29, 0.717) is 11.1 Å². The molecule has 1 aliphatic heterocycles. The van der Waals surface area contributed by atoms with Crippen molar-refractivity contribution < 1.29 is 4.39 Å². The van der Waals surface area contributed by atoms with Crippen LogP contribution < -0.4 is 10.9 Å². The lowest BCUT2D eigenvalue weighted by Crippen LogP contribution is -2.07. The molecule has 0 amide bonds. The van der Waals surface area contributed by atoms with E-state index in [4.69, 9.17) is 0 Å². The van der Waals surface area contributed by atoms with Gasteiger partial charge >= 0.3 is 0 Å². The molecule has 96 valence electrons. The lowest BCUT2D eigenvalue weighted by Gasteiger charge is -2.10. The van der Waals surface area contributed by atoms with Gasteiger partial charge in [0.15, 0.2) is 0 Å². The smallest absolute Gasteiger partial charge is 0.296 e. The first-order valence-electron chi connectivity index (χ1n) is 6.53. The van der Waals surface area contributed by atoms with Gasteiger partial charge in [-0.3, -0.25) is 4.79 Å². The second-order valence-corrected chi connectivity index (χ2v) is 5.18. The Morgan fingerprint density at radius 1 is 1.26 bits per heavy atom. The molecule has 0 bridgehead atoms. The molecule has 1 aromatic carbocycles. The maximum absolute atomic E-state index is 13.6. The Kier molecular flexibility index (Phi) is 2.13. The van der Waals surface area contributed by atoms with Crippen LogP contribution >= 0.6 is 0 Å². The monoisotopic (exact) mass is 257 g/mol. The van der Waals surface area contributed by atoms with E-state index in [2.05, 4.69) is 15.5 Å². The topological polar surface area (TPSA) is 54.9 Å². The Hall–Kier alpha value is -2.04. The van der Waals surface area contributed by atoms with Gasteiger partial charge in [-0.25, -0.2) is 4.39 Å². The normalized spacial score (nSPS) is 20.2. The minimum atomic E-state index is -0.453. The van der Waals surface area contributed by atoms with Crippen LogP contribution in [0.1, 0.15) is 36.6 Å². The summed E-state index contributed by atoms with van der Waals surface area (Å²) in [6, 6.07) is 2.86. The van der Waals surface area contributed by atoms with Crippen molar-refractivity contribution in [3.05, 3.63) is 39.6 Å². The van der Waals surface area contributed by atoms with Gasteiger partial charge in [-0.15, -0.1) is 5.10 Å². The minimum Gasteiger partial charge on any atom is -0.378 e. The Labute approximate surface area is 108 Å². The largest absolute Gasteiger partial charge is 0.378 e. The molecule has 4 nitrogen and oxygen atoms in total. The van der Waals surface area contributed by atoms with E-state index in [1.807, 2.05) is 0 Å². The zero-order chi connectivity index (χ0) is 13.0. The second kappa shape index (κ2) is 3.73. The van der Waals surface area contributed by atoms with E-state index in [1.54, 1.807) is 0 Å². The van der Waals surface area contributed by atoms with Crippen LogP contribution in [0.15, 0.2) is 16.9 Å². The molecule has 4 rings (SSSR count). The Balaban J connectivity index is 2.22. The number of nitrogens with one attached hydrogen (secondary N) is 1. The van der Waals surface area contributed by atoms with Gasteiger partial charge < -0.3 is 5.32 Å². The van der Waals surface area contributed by atoms with Gasteiger partial charge in [0.1, 0.15) is 5.82 Å². The molecular formula is C14H12FN3O. The summed E-state index contributed by atoms with van der Waals surface area (Å²) in [5, 5.41) is 12.3. The van der Waals surface area contributed by atoms with E-state index in [1.165, 1.54) is 12.1 Å². The van der Waals surface area contributed by atoms with Gasteiger partial charge in [0.05, 0.1) is 17.1 Å². The minimum absolute atomic E-state index is 0.137. The van der Waals surface area contributed by atoms with Crippen LogP contribution in [0.2, 0.25) is 0 Å². The van der Waals surface area contributed by atoms with Crippen molar-refractivity contribution in [1.82, 2.24) is 10.2 Å². The molecule has 0 radical (unpaired) electrons. The molecular weight excluding hydrogens is 245 g/mol. The van der Waals surface area contributed by atoms with Crippen molar-refractivity contribution in [1.29, 1.82) is 0 Å². The number of nitrogens with zero attached hydrogens (tertiary/aromatic N) is 2. The van der Waals surface area contributed by atoms with Crippen LogP contribution in [0.25, 0.3) is 10.8 Å². The van der Waals surface area contributed by atoms with Gasteiger partial charge in [-0.1, -0.05) is 6.42 Å². The van der Waals surface area contributed by atoms with E-state index in [0.717, 1.165) is 42.3 Å². The number of benzene rings is 1. The maximum atomic E-state index is 13.6. The fourth-order valence-corrected chi connectivity index (χ4v) is 3.21. The second-order valence-electron chi connectivity index (χ2n) is 5.18. The number of hydrogen-bond donors (Lipinski definition) is 1. The molecule has 1 atom stereocenters. The summed E-state index contributed by atoms with van der Waals surface area (Å²) in [5.41, 5.74) is 2.19. The molecule has 0 spiro atoms. The van der Waals surface area contributed by atoms with E-state index >= 15 is 0 Å². The average molecular weight is 257 g/mol. The molecule has 0 saturated carbocycles. The third kappa shape index (κ3) is 1.47. The molecule has 1 N–H and O–H groups in total. The van der Waals surface area contributed by atoms with Crippen LogP contribution in [-0.4, -0.2) is 10.2 Å². The lowest BCUT2D eigenvalue weighted by molar-refractivity contribution is 0.628. The number of halogens is 1. The molecule has 2 aliphatic rings. The van der Waals surface area contributed by atoms with Gasteiger partial charge in [0, 0.05) is 16.6 Å². The summed E-state index contributed by atoms with van der Waals surface area (Å²) < 4.78 is 13.6. The quantitative estimate of drug-likeness (QED) is 0.787. The summed E-state index contributed by atoms with van der Waals surface area (Å²) in [7, 11) is 0. The summed E-state index contributed by atoms with van der Waals surface area (Å²) >= 11 is 0. The standard InChI is InChI=1S/C14H12FN3O/c15-7-5-8-12-11(6-7)16-9-3-1-2-4-10(13(9)12)17-18-14(8)19/h5-6,9,16H,1-4H2. The first-order chi connectivity index (χ1) is 9.24. The number of aryl methyl sites for hydroxylation is 1. The predicted octanol–water partition coefficient (Wildman–Crippen LogP) is 2.32. The molecule has 0 fully saturated rings. The maximum Gasteiger partial charge on any atom is 0.296 e. The van der Waals surface area contributed by atoms with Crippen LogP contribution in [0.3, 0.4) is 0 Å². The SMILES string of the molecule is O=c1nnc2c3c4c(cc(F)cc14)NC3CCCC2. The third-order valence-corrected chi connectivity index (χ3v) is 4.01. The van der Waals surface area contributed by atoms with Crippen molar-refractivity contribution in [3.8, 4) is 0 Å². The molecule has 1 aliphatic carbocycles.